The molecule has 1 N–H and O–H groups in total. The lowest BCUT2D eigenvalue weighted by molar-refractivity contribution is -0.123. The van der Waals surface area contributed by atoms with Gasteiger partial charge in [-0.05, 0) is 47.2 Å². The smallest absolute Gasteiger partial charge is 0.265 e. The van der Waals surface area contributed by atoms with Crippen LogP contribution in [0.3, 0.4) is 0 Å². The maximum Gasteiger partial charge on any atom is 0.265 e. The van der Waals surface area contributed by atoms with E-state index in [1.807, 2.05) is 18.2 Å². The molecule has 5 nitrogen and oxygen atoms in total. The highest BCUT2D eigenvalue weighted by Gasteiger charge is 2.27. The third-order valence-electron chi connectivity index (χ3n) is 4.96. The summed E-state index contributed by atoms with van der Waals surface area (Å²) in [6.45, 7) is 7.18. The molecule has 0 spiro atoms. The number of fused-ring (bicyclic) bond motifs is 1. The Hall–Kier alpha value is -2.89. The first kappa shape index (κ1) is 20.8. The Morgan fingerprint density at radius 2 is 1.90 bits per heavy atom. The highest BCUT2D eigenvalue weighted by Crippen LogP contribution is 2.36. The van der Waals surface area contributed by atoms with Gasteiger partial charge in [-0.3, -0.25) is 9.59 Å². The third kappa shape index (κ3) is 5.34. The molecule has 0 bridgehead atoms. The second kappa shape index (κ2) is 8.64. The van der Waals surface area contributed by atoms with Crippen LogP contribution in [0.2, 0.25) is 0 Å². The van der Waals surface area contributed by atoms with Gasteiger partial charge in [-0.2, -0.15) is 0 Å². The van der Waals surface area contributed by atoms with Crippen molar-refractivity contribution in [2.75, 3.05) is 18.1 Å². The van der Waals surface area contributed by atoms with Gasteiger partial charge in [0.1, 0.15) is 11.6 Å². The van der Waals surface area contributed by atoms with E-state index in [9.17, 15) is 14.0 Å². The maximum absolute atomic E-state index is 12.9. The topological polar surface area (TPSA) is 58.6 Å². The van der Waals surface area contributed by atoms with Crippen molar-refractivity contribution in [3.8, 4) is 5.75 Å². The van der Waals surface area contributed by atoms with Crippen molar-refractivity contribution in [1.29, 1.82) is 0 Å². The Morgan fingerprint density at radius 3 is 2.59 bits per heavy atom. The second-order valence-corrected chi connectivity index (χ2v) is 8.27. The minimum atomic E-state index is -0.301. The zero-order valence-corrected chi connectivity index (χ0v) is 17.1. The van der Waals surface area contributed by atoms with Crippen LogP contribution in [0.4, 0.5) is 10.1 Å². The number of nitrogens with one attached hydrogen (secondary N) is 1. The van der Waals surface area contributed by atoms with E-state index in [1.54, 1.807) is 17.0 Å². The summed E-state index contributed by atoms with van der Waals surface area (Å²) in [5.74, 6) is 0.192. The predicted octanol–water partition coefficient (Wildman–Crippen LogP) is 3.95. The van der Waals surface area contributed by atoms with Crippen molar-refractivity contribution in [2.24, 2.45) is 0 Å². The van der Waals surface area contributed by atoms with Crippen LogP contribution >= 0.6 is 0 Å². The number of halogens is 1. The molecule has 1 heterocycles. The van der Waals surface area contributed by atoms with Crippen LogP contribution < -0.4 is 15.0 Å². The summed E-state index contributed by atoms with van der Waals surface area (Å²) in [6, 6.07) is 12.0. The highest BCUT2D eigenvalue weighted by atomic mass is 19.1. The summed E-state index contributed by atoms with van der Waals surface area (Å²) in [5, 5.41) is 2.83. The number of hydrogen-bond acceptors (Lipinski definition) is 3. The number of ether oxygens (including phenoxy) is 1. The molecule has 0 saturated carbocycles. The van der Waals surface area contributed by atoms with Gasteiger partial charge in [0.25, 0.3) is 5.91 Å². The van der Waals surface area contributed by atoms with Gasteiger partial charge in [-0.1, -0.05) is 39.0 Å². The second-order valence-electron chi connectivity index (χ2n) is 8.27. The molecule has 3 rings (SSSR count). The first-order valence-electron chi connectivity index (χ1n) is 9.83. The summed E-state index contributed by atoms with van der Waals surface area (Å²) in [7, 11) is 0. The van der Waals surface area contributed by atoms with Crippen LogP contribution in [0.25, 0.3) is 0 Å². The molecule has 2 aromatic rings. The number of hydrogen-bond donors (Lipinski definition) is 1. The molecule has 2 aromatic carbocycles. The quantitative estimate of drug-likeness (QED) is 0.802. The Labute approximate surface area is 170 Å². The minimum Gasteiger partial charge on any atom is -0.482 e. The molecule has 0 atom stereocenters. The Kier molecular flexibility index (Phi) is 6.20. The van der Waals surface area contributed by atoms with Crippen molar-refractivity contribution in [2.45, 2.75) is 45.6 Å². The van der Waals surface area contributed by atoms with Crippen molar-refractivity contribution >= 4 is 17.5 Å². The number of carbonyl (C=O) groups is 2. The number of nitrogens with zero attached hydrogens (tertiary/aromatic N) is 1. The average molecular weight is 398 g/mol. The first-order chi connectivity index (χ1) is 13.7. The Balaban J connectivity index is 1.57. The number of anilines is 1. The molecule has 29 heavy (non-hydrogen) atoms. The molecule has 0 aliphatic carbocycles. The molecule has 1 aliphatic heterocycles. The zero-order valence-electron chi connectivity index (χ0n) is 17.1. The van der Waals surface area contributed by atoms with Gasteiger partial charge in [-0.25, -0.2) is 4.39 Å². The van der Waals surface area contributed by atoms with Crippen molar-refractivity contribution in [1.82, 2.24) is 5.32 Å². The lowest BCUT2D eigenvalue weighted by Crippen LogP contribution is -2.40. The Bertz CT molecular complexity index is 888. The fourth-order valence-electron chi connectivity index (χ4n) is 3.20. The van der Waals surface area contributed by atoms with Gasteiger partial charge in [0.05, 0.1) is 5.69 Å². The van der Waals surface area contributed by atoms with E-state index in [0.29, 0.717) is 31.7 Å². The maximum atomic E-state index is 12.9. The fraction of sp³-hybridized carbons (Fsp3) is 0.391. The summed E-state index contributed by atoms with van der Waals surface area (Å²) in [4.78, 5) is 26.2. The standard InChI is InChI=1S/C23H27FN2O3/c1-23(2,3)17-8-11-20-19(13-17)26(22(28)15-29-20)12-4-5-21(27)25-14-16-6-9-18(24)10-7-16/h6-11,13H,4-5,12,14-15H2,1-3H3,(H,25,27). The Morgan fingerprint density at radius 1 is 1.17 bits per heavy atom. The van der Waals surface area contributed by atoms with E-state index in [4.69, 9.17) is 4.74 Å². The van der Waals surface area contributed by atoms with Gasteiger partial charge >= 0.3 is 0 Å². The van der Waals surface area contributed by atoms with Crippen molar-refractivity contribution in [3.63, 3.8) is 0 Å². The number of rotatable bonds is 6. The highest BCUT2D eigenvalue weighted by molar-refractivity contribution is 5.98. The molecule has 2 amide bonds. The molecule has 0 saturated heterocycles. The normalized spacial score (nSPS) is 13.7. The van der Waals surface area contributed by atoms with Gasteiger partial charge in [-0.15, -0.1) is 0 Å². The molecular formula is C23H27FN2O3. The molecule has 154 valence electrons. The molecule has 6 heteroatoms. The number of benzene rings is 2. The summed E-state index contributed by atoms with van der Waals surface area (Å²) in [6.07, 6.45) is 0.848. The summed E-state index contributed by atoms with van der Waals surface area (Å²) < 4.78 is 18.5. The van der Waals surface area contributed by atoms with Crippen LogP contribution in [0.1, 0.15) is 44.7 Å². The van der Waals surface area contributed by atoms with E-state index >= 15 is 0 Å². The molecular weight excluding hydrogens is 371 g/mol. The van der Waals surface area contributed by atoms with E-state index in [0.717, 1.165) is 16.8 Å². The van der Waals surface area contributed by atoms with Crippen molar-refractivity contribution in [3.05, 3.63) is 59.4 Å². The SMILES string of the molecule is CC(C)(C)c1ccc2c(c1)N(CCCC(=O)NCc1ccc(F)cc1)C(=O)CO2. The fourth-order valence-corrected chi connectivity index (χ4v) is 3.20. The molecule has 0 fully saturated rings. The minimum absolute atomic E-state index is 0.0125. The molecule has 0 aromatic heterocycles. The van der Waals surface area contributed by atoms with Gasteiger partial charge in [0, 0.05) is 19.5 Å². The first-order valence-corrected chi connectivity index (χ1v) is 9.83. The monoisotopic (exact) mass is 398 g/mol. The number of amides is 2. The zero-order chi connectivity index (χ0) is 21.0. The van der Waals surface area contributed by atoms with Gasteiger partial charge in [0.15, 0.2) is 6.61 Å². The van der Waals surface area contributed by atoms with Crippen LogP contribution in [0.15, 0.2) is 42.5 Å². The molecule has 0 radical (unpaired) electrons. The lowest BCUT2D eigenvalue weighted by Gasteiger charge is -2.31. The van der Waals surface area contributed by atoms with Crippen LogP contribution in [-0.4, -0.2) is 25.0 Å². The largest absolute Gasteiger partial charge is 0.482 e. The predicted molar refractivity (Wildman–Crippen MR) is 110 cm³/mol. The third-order valence-corrected chi connectivity index (χ3v) is 4.96. The van der Waals surface area contributed by atoms with E-state index in [2.05, 4.69) is 26.1 Å². The lowest BCUT2D eigenvalue weighted by atomic mass is 9.86. The summed E-state index contributed by atoms with van der Waals surface area (Å²) in [5.41, 5.74) is 2.69. The van der Waals surface area contributed by atoms with E-state index < -0.39 is 0 Å². The van der Waals surface area contributed by atoms with Crippen LogP contribution in [-0.2, 0) is 21.5 Å². The van der Waals surface area contributed by atoms with Gasteiger partial charge in [0.2, 0.25) is 5.91 Å². The van der Waals surface area contributed by atoms with Crippen LogP contribution in [0, 0.1) is 5.82 Å². The molecule has 1 aliphatic rings. The summed E-state index contributed by atoms with van der Waals surface area (Å²) >= 11 is 0. The number of carbonyl (C=O) groups excluding carboxylic acids is 2. The molecule has 0 unspecified atom stereocenters. The van der Waals surface area contributed by atoms with Gasteiger partial charge < -0.3 is 15.0 Å². The van der Waals surface area contributed by atoms with Crippen LogP contribution in [0.5, 0.6) is 5.75 Å². The van der Waals surface area contributed by atoms with E-state index in [1.165, 1.54) is 12.1 Å². The van der Waals surface area contributed by atoms with E-state index in [-0.39, 0.29) is 29.7 Å². The van der Waals surface area contributed by atoms with Crippen molar-refractivity contribution < 1.29 is 18.7 Å². The average Bonchev–Trinajstić information content (AvgIpc) is 2.68.